The molecule has 0 aromatic carbocycles. The molecule has 0 aliphatic carbocycles. The van der Waals surface area contributed by atoms with Crippen molar-refractivity contribution in [3.8, 4) is 0 Å². The van der Waals surface area contributed by atoms with E-state index < -0.39 is 59.6 Å². The fourth-order valence-electron chi connectivity index (χ4n) is 0.454. The molecule has 0 spiro atoms. The zero-order valence-corrected chi connectivity index (χ0v) is 11.0. The summed E-state index contributed by atoms with van der Waals surface area (Å²) < 4.78 is 99.7. The molecule has 0 fully saturated rings. The van der Waals surface area contributed by atoms with Gasteiger partial charge in [0.2, 0.25) is 0 Å². The zero-order chi connectivity index (χ0) is 20.7. The SMILES string of the molecule is O=C(O)C(=O)O.OB(O)O.[Li][C](F)(F)C(F)(F)C(F)(F)C(F)(F)F. The molecule has 0 bridgehead atoms. The van der Waals surface area contributed by atoms with E-state index in [0.717, 1.165) is 0 Å². The van der Waals surface area contributed by atoms with Crippen LogP contribution in [0.3, 0.4) is 0 Å². The van der Waals surface area contributed by atoms with Crippen LogP contribution in [0.2, 0.25) is 0 Å². The van der Waals surface area contributed by atoms with E-state index in [1.54, 1.807) is 0 Å². The molecule has 0 aliphatic heterocycles. The number of carboxylic acids is 2. The Morgan fingerprint density at radius 2 is 0.917 bits per heavy atom. The molecule has 0 saturated heterocycles. The summed E-state index contributed by atoms with van der Waals surface area (Å²) in [6.45, 7) is 0. The van der Waals surface area contributed by atoms with Gasteiger partial charge in [-0.25, -0.2) is 9.59 Å². The molecule has 0 aliphatic rings. The molecule has 0 atom stereocenters. The van der Waals surface area contributed by atoms with E-state index in [4.69, 9.17) is 34.9 Å². The zero-order valence-electron chi connectivity index (χ0n) is 11.0. The number of hydrogen-bond acceptors (Lipinski definition) is 5. The van der Waals surface area contributed by atoms with E-state index in [0.29, 0.717) is 0 Å². The van der Waals surface area contributed by atoms with Crippen LogP contribution in [0.1, 0.15) is 0 Å². The standard InChI is InChI=1S/C4F9.C2H2O4.BH3O3.Li/c5-1(6)2(7,8)3(9,10)4(11,12)13;3-1(4)2(5)6;2-1(3)4;/h;(H,3,4)(H,5,6);2-4H;. The number of rotatable bonds is 2. The van der Waals surface area contributed by atoms with Crippen LogP contribution in [0.5, 0.6) is 0 Å². The monoisotopic (exact) mass is 378 g/mol. The van der Waals surface area contributed by atoms with Gasteiger partial charge in [-0.05, 0) is 0 Å². The van der Waals surface area contributed by atoms with Gasteiger partial charge in [0.25, 0.3) is 0 Å². The van der Waals surface area contributed by atoms with Crippen LogP contribution in [-0.4, -0.2) is 84.9 Å². The van der Waals surface area contributed by atoms with E-state index in [1.807, 2.05) is 0 Å². The van der Waals surface area contributed by atoms with Crippen molar-refractivity contribution in [3.05, 3.63) is 0 Å². The van der Waals surface area contributed by atoms with Crippen LogP contribution in [-0.2, 0) is 9.59 Å². The summed E-state index contributed by atoms with van der Waals surface area (Å²) in [5.74, 6) is -16.9. The molecule has 0 radical (unpaired) electrons. The molecule has 0 aromatic heterocycles. The first-order valence-corrected chi connectivity index (χ1v) is 4.83. The summed E-state index contributed by atoms with van der Waals surface area (Å²) in [4.78, 5) is 18.2. The van der Waals surface area contributed by atoms with Gasteiger partial charge >= 0.3 is 99.1 Å². The summed E-state index contributed by atoms with van der Waals surface area (Å²) >= 11 is -0.716. The normalized spacial score (nSPS) is 12.2. The third-order valence-electron chi connectivity index (χ3n) is 1.48. The van der Waals surface area contributed by atoms with Gasteiger partial charge in [0.1, 0.15) is 0 Å². The molecule has 0 amide bonds. The van der Waals surface area contributed by atoms with Crippen molar-refractivity contribution >= 4 is 37.0 Å². The van der Waals surface area contributed by atoms with Crippen molar-refractivity contribution < 1.29 is 74.4 Å². The summed E-state index contributed by atoms with van der Waals surface area (Å²) in [6, 6.07) is 0. The minimum atomic E-state index is -6.77. The Morgan fingerprint density at radius 3 is 0.958 bits per heavy atom. The average Bonchev–Trinajstić information content (AvgIpc) is 2.25. The van der Waals surface area contributed by atoms with E-state index in [-0.39, 0.29) is 0 Å². The second-order valence-electron chi connectivity index (χ2n) is 3.49. The molecule has 0 saturated carbocycles. The van der Waals surface area contributed by atoms with Crippen LogP contribution in [0.15, 0.2) is 0 Å². The molecule has 0 heterocycles. The van der Waals surface area contributed by atoms with Crippen molar-refractivity contribution in [2.75, 3.05) is 0 Å². The first kappa shape index (κ1) is 27.7. The first-order valence-electron chi connectivity index (χ1n) is 4.83. The molecule has 138 valence electrons. The second-order valence-corrected chi connectivity index (χ2v) is 3.49. The Labute approximate surface area is 135 Å². The van der Waals surface area contributed by atoms with Crippen LogP contribution in [0, 0.1) is 0 Å². The van der Waals surface area contributed by atoms with Gasteiger partial charge in [-0.2, -0.15) is 0 Å². The fraction of sp³-hybridized carbons (Fsp3) is 0.667. The summed E-state index contributed by atoms with van der Waals surface area (Å²) in [7, 11) is -2.17. The summed E-state index contributed by atoms with van der Waals surface area (Å²) in [5, 5.41) is 36.3. The predicted molar refractivity (Wildman–Crippen MR) is 54.3 cm³/mol. The molecule has 18 heteroatoms. The van der Waals surface area contributed by atoms with E-state index >= 15 is 0 Å². The Hall–Kier alpha value is -1.15. The van der Waals surface area contributed by atoms with Crippen LogP contribution in [0.25, 0.3) is 0 Å². The van der Waals surface area contributed by atoms with Gasteiger partial charge < -0.3 is 25.3 Å². The van der Waals surface area contributed by atoms with Crippen molar-refractivity contribution in [2.45, 2.75) is 22.6 Å². The first-order chi connectivity index (χ1) is 10.1. The van der Waals surface area contributed by atoms with Crippen molar-refractivity contribution in [1.29, 1.82) is 0 Å². The number of halogens is 9. The third kappa shape index (κ3) is 9.22. The Balaban J connectivity index is -0.000000363. The maximum atomic E-state index is 12.0. The van der Waals surface area contributed by atoms with E-state index in [2.05, 4.69) is 0 Å². The van der Waals surface area contributed by atoms with Gasteiger partial charge in [0.15, 0.2) is 0 Å². The van der Waals surface area contributed by atoms with Crippen LogP contribution >= 0.6 is 0 Å². The molecule has 0 unspecified atom stereocenters. The van der Waals surface area contributed by atoms with E-state index in [9.17, 15) is 39.5 Å². The van der Waals surface area contributed by atoms with Crippen LogP contribution in [0.4, 0.5) is 39.5 Å². The quantitative estimate of drug-likeness (QED) is 0.253. The maximum absolute atomic E-state index is 12.0. The minimum absolute atomic E-state index is 0.716. The average molecular weight is 378 g/mol. The van der Waals surface area contributed by atoms with Crippen molar-refractivity contribution in [2.24, 2.45) is 0 Å². The number of carbonyl (C=O) groups is 2. The topological polar surface area (TPSA) is 135 Å². The predicted octanol–water partition coefficient (Wildman–Crippen LogP) is -0.316. The Kier molecular flexibility index (Phi) is 10.8. The van der Waals surface area contributed by atoms with Crippen LogP contribution < -0.4 is 0 Å². The van der Waals surface area contributed by atoms with E-state index in [1.165, 1.54) is 0 Å². The fourth-order valence-corrected chi connectivity index (χ4v) is 0.454. The second kappa shape index (κ2) is 9.37. The van der Waals surface area contributed by atoms with Gasteiger partial charge in [-0.3, -0.25) is 0 Å². The van der Waals surface area contributed by atoms with Gasteiger partial charge in [-0.15, -0.1) is 0 Å². The number of hydrogen-bond donors (Lipinski definition) is 5. The molecule has 0 aromatic rings. The Morgan fingerprint density at radius 1 is 0.708 bits per heavy atom. The number of carboxylic acid groups (broad SMARTS) is 2. The number of aliphatic carboxylic acids is 2. The number of alkyl halides is 9. The third-order valence-corrected chi connectivity index (χ3v) is 1.48. The molecule has 7 nitrogen and oxygen atoms in total. The van der Waals surface area contributed by atoms with Gasteiger partial charge in [0.05, 0.1) is 0 Å². The molecular weight excluding hydrogens is 373 g/mol. The van der Waals surface area contributed by atoms with Crippen molar-refractivity contribution in [3.63, 3.8) is 0 Å². The van der Waals surface area contributed by atoms with Crippen molar-refractivity contribution in [1.82, 2.24) is 0 Å². The summed E-state index contributed by atoms with van der Waals surface area (Å²) in [5.41, 5.74) is 0. The van der Waals surface area contributed by atoms with Gasteiger partial charge in [-0.1, -0.05) is 0 Å². The molecular formula is C6H5BF9LiO7. The molecule has 5 N–H and O–H groups in total. The molecule has 0 rings (SSSR count). The van der Waals surface area contributed by atoms with Gasteiger partial charge in [0, 0.05) is 0 Å². The summed E-state index contributed by atoms with van der Waals surface area (Å²) in [6.07, 6.45) is -6.73. The molecule has 24 heavy (non-hydrogen) atoms. The Bertz CT molecular complexity index is 383.